The highest BCUT2D eigenvalue weighted by Gasteiger charge is 2.22. The van der Waals surface area contributed by atoms with Crippen LogP contribution in [-0.2, 0) is 12.8 Å². The van der Waals surface area contributed by atoms with Crippen LogP contribution in [0.25, 0.3) is 10.9 Å². The summed E-state index contributed by atoms with van der Waals surface area (Å²) in [6.07, 6.45) is 5.03. The molecule has 2 heterocycles. The van der Waals surface area contributed by atoms with Crippen LogP contribution < -0.4 is 10.1 Å². The monoisotopic (exact) mass is 446 g/mol. The molecule has 1 aromatic heterocycles. The number of fused-ring (bicyclic) bond motifs is 2. The second-order valence-electron chi connectivity index (χ2n) is 8.59. The highest BCUT2D eigenvalue weighted by atomic mass is 16.5. The molecule has 0 aliphatic carbocycles. The maximum Gasteiger partial charge on any atom is 0.255 e. The summed E-state index contributed by atoms with van der Waals surface area (Å²) in [5.41, 5.74) is 4.20. The van der Waals surface area contributed by atoms with Crippen LogP contribution in [0.4, 0.5) is 0 Å². The number of aliphatic hydroxyl groups is 2. The van der Waals surface area contributed by atoms with Crippen LogP contribution in [0.2, 0.25) is 0 Å². The van der Waals surface area contributed by atoms with Gasteiger partial charge in [0.1, 0.15) is 5.75 Å². The Morgan fingerprint density at radius 3 is 2.94 bits per heavy atom. The van der Waals surface area contributed by atoms with E-state index in [1.165, 1.54) is 0 Å². The molecule has 172 valence electrons. The Balaban J connectivity index is 1.59. The molecule has 6 heteroatoms. The van der Waals surface area contributed by atoms with E-state index in [1.807, 2.05) is 36.5 Å². The van der Waals surface area contributed by atoms with Gasteiger partial charge in [-0.05, 0) is 61.9 Å². The molecule has 1 aliphatic heterocycles. The lowest BCUT2D eigenvalue weighted by Gasteiger charge is -2.19. The Kier molecular flexibility index (Phi) is 7.33. The third kappa shape index (κ3) is 5.57. The number of carbonyl (C=O) groups is 1. The van der Waals surface area contributed by atoms with Crippen molar-refractivity contribution in [2.24, 2.45) is 0 Å². The van der Waals surface area contributed by atoms with Gasteiger partial charge in [0.2, 0.25) is 0 Å². The number of benzene rings is 2. The molecule has 4 N–H and O–H groups in total. The van der Waals surface area contributed by atoms with Crippen LogP contribution in [0.3, 0.4) is 0 Å². The minimum Gasteiger partial charge on any atom is -0.492 e. The van der Waals surface area contributed by atoms with E-state index in [1.54, 1.807) is 13.0 Å². The molecule has 3 aromatic rings. The third-order valence-electron chi connectivity index (χ3n) is 5.82. The van der Waals surface area contributed by atoms with Crippen molar-refractivity contribution < 1.29 is 19.7 Å². The predicted octanol–water partition coefficient (Wildman–Crippen LogP) is 3.34. The standard InChI is InChI=1S/C27H30N2O4/c1-18(31)7-6-8-19-13-20-9-4-5-12-33-26(20)24(14-19)27(32)29-22(17-30)15-21-16-28-25-11-3-2-10-23(21)25/h2-3,10-11,13-14,16,18,22,28,30-31H,4-5,7,9,12,15,17H2,1H3,(H,29,32)/t18-,22-/m1/s1. The van der Waals surface area contributed by atoms with Gasteiger partial charge in [-0.3, -0.25) is 4.79 Å². The number of aromatic nitrogens is 1. The Bertz CT molecular complexity index is 1190. The van der Waals surface area contributed by atoms with Crippen molar-refractivity contribution in [2.75, 3.05) is 13.2 Å². The number of ether oxygens (including phenoxy) is 1. The normalized spacial score (nSPS) is 14.9. The van der Waals surface area contributed by atoms with Crippen LogP contribution in [0.1, 0.15) is 53.2 Å². The summed E-state index contributed by atoms with van der Waals surface area (Å²) in [5, 5.41) is 23.6. The molecule has 6 nitrogen and oxygen atoms in total. The molecule has 1 aliphatic rings. The average molecular weight is 447 g/mol. The van der Waals surface area contributed by atoms with Gasteiger partial charge in [-0.1, -0.05) is 30.0 Å². The van der Waals surface area contributed by atoms with E-state index >= 15 is 0 Å². The molecule has 0 radical (unpaired) electrons. The molecular formula is C27H30N2O4. The predicted molar refractivity (Wildman–Crippen MR) is 128 cm³/mol. The number of hydrogen-bond donors (Lipinski definition) is 4. The Morgan fingerprint density at radius 2 is 2.12 bits per heavy atom. The fourth-order valence-corrected chi connectivity index (χ4v) is 4.17. The summed E-state index contributed by atoms with van der Waals surface area (Å²) in [4.78, 5) is 16.6. The van der Waals surface area contributed by atoms with Gasteiger partial charge in [-0.2, -0.15) is 0 Å². The maximum absolute atomic E-state index is 13.3. The zero-order valence-corrected chi connectivity index (χ0v) is 18.9. The van der Waals surface area contributed by atoms with Crippen molar-refractivity contribution in [1.82, 2.24) is 10.3 Å². The highest BCUT2D eigenvalue weighted by Crippen LogP contribution is 2.30. The molecule has 0 bridgehead atoms. The molecule has 4 rings (SSSR count). The zero-order valence-electron chi connectivity index (χ0n) is 18.9. The second kappa shape index (κ2) is 10.6. The fraction of sp³-hybridized carbons (Fsp3) is 0.370. The SMILES string of the molecule is C[C@@H](O)CC#Cc1cc2c(c(C(=O)N[C@@H](CO)Cc3c[nH]c4ccccc34)c1)OCCCC2. The van der Waals surface area contributed by atoms with Gasteiger partial charge in [0.05, 0.1) is 30.9 Å². The molecule has 2 aromatic carbocycles. The molecule has 0 saturated heterocycles. The van der Waals surface area contributed by atoms with Gasteiger partial charge in [0.25, 0.3) is 5.91 Å². The summed E-state index contributed by atoms with van der Waals surface area (Å²) >= 11 is 0. The molecule has 2 atom stereocenters. The first-order valence-electron chi connectivity index (χ1n) is 11.5. The lowest BCUT2D eigenvalue weighted by molar-refractivity contribution is 0.0912. The number of nitrogens with one attached hydrogen (secondary N) is 2. The van der Waals surface area contributed by atoms with Crippen molar-refractivity contribution >= 4 is 16.8 Å². The van der Waals surface area contributed by atoms with Crippen molar-refractivity contribution in [3.8, 4) is 17.6 Å². The Labute approximate surface area is 194 Å². The summed E-state index contributed by atoms with van der Waals surface area (Å²) in [6, 6.07) is 11.3. The summed E-state index contributed by atoms with van der Waals surface area (Å²) < 4.78 is 5.96. The number of aromatic amines is 1. The fourth-order valence-electron chi connectivity index (χ4n) is 4.17. The van der Waals surface area contributed by atoms with Gasteiger partial charge in [-0.25, -0.2) is 0 Å². The molecular weight excluding hydrogens is 416 g/mol. The maximum atomic E-state index is 13.3. The van der Waals surface area contributed by atoms with Crippen LogP contribution in [0.15, 0.2) is 42.6 Å². The third-order valence-corrected chi connectivity index (χ3v) is 5.82. The largest absolute Gasteiger partial charge is 0.492 e. The Hall–Kier alpha value is -3.27. The molecule has 0 spiro atoms. The van der Waals surface area contributed by atoms with Crippen molar-refractivity contribution in [3.63, 3.8) is 0 Å². The lowest BCUT2D eigenvalue weighted by atomic mass is 9.99. The first kappa shape index (κ1) is 22.9. The summed E-state index contributed by atoms with van der Waals surface area (Å²) in [5.74, 6) is 6.36. The number of H-pyrrole nitrogens is 1. The molecule has 1 amide bonds. The lowest BCUT2D eigenvalue weighted by Crippen LogP contribution is -2.39. The molecule has 33 heavy (non-hydrogen) atoms. The van der Waals surface area contributed by atoms with Crippen LogP contribution >= 0.6 is 0 Å². The van der Waals surface area contributed by atoms with E-state index in [4.69, 9.17) is 4.74 Å². The number of hydrogen-bond acceptors (Lipinski definition) is 4. The van der Waals surface area contributed by atoms with Crippen LogP contribution in [-0.4, -0.2) is 46.5 Å². The smallest absolute Gasteiger partial charge is 0.255 e. The van der Waals surface area contributed by atoms with Gasteiger partial charge < -0.3 is 25.3 Å². The summed E-state index contributed by atoms with van der Waals surface area (Å²) in [6.45, 7) is 2.09. The quantitative estimate of drug-likeness (QED) is 0.437. The number of aliphatic hydroxyl groups excluding tert-OH is 2. The second-order valence-corrected chi connectivity index (χ2v) is 8.59. The minimum absolute atomic E-state index is 0.178. The molecule has 0 fully saturated rings. The van der Waals surface area contributed by atoms with Crippen LogP contribution in [0, 0.1) is 11.8 Å². The van der Waals surface area contributed by atoms with E-state index < -0.39 is 12.1 Å². The number of para-hydroxylation sites is 1. The first-order chi connectivity index (χ1) is 16.0. The van der Waals surface area contributed by atoms with Gasteiger partial charge >= 0.3 is 0 Å². The highest BCUT2D eigenvalue weighted by molar-refractivity contribution is 5.98. The van der Waals surface area contributed by atoms with Crippen LogP contribution in [0.5, 0.6) is 5.75 Å². The number of amides is 1. The van der Waals surface area contributed by atoms with E-state index in [2.05, 4.69) is 22.1 Å². The molecule has 0 unspecified atom stereocenters. The first-order valence-corrected chi connectivity index (χ1v) is 11.5. The van der Waals surface area contributed by atoms with Gasteiger partial charge in [0.15, 0.2) is 0 Å². The van der Waals surface area contributed by atoms with Gasteiger partial charge in [-0.15, -0.1) is 0 Å². The number of aryl methyl sites for hydroxylation is 1. The van der Waals surface area contributed by atoms with E-state index in [9.17, 15) is 15.0 Å². The zero-order chi connectivity index (χ0) is 23.2. The van der Waals surface area contributed by atoms with E-state index in [-0.39, 0.29) is 12.5 Å². The van der Waals surface area contributed by atoms with Crippen molar-refractivity contribution in [3.05, 3.63) is 64.8 Å². The number of rotatable bonds is 6. The molecule has 0 saturated carbocycles. The minimum atomic E-state index is -0.501. The van der Waals surface area contributed by atoms with E-state index in [0.717, 1.165) is 46.9 Å². The number of carbonyl (C=O) groups excluding carboxylic acids is 1. The van der Waals surface area contributed by atoms with E-state index in [0.29, 0.717) is 30.8 Å². The Morgan fingerprint density at radius 1 is 1.27 bits per heavy atom. The average Bonchev–Trinajstić information content (AvgIpc) is 3.05. The topological polar surface area (TPSA) is 94.6 Å². The summed E-state index contributed by atoms with van der Waals surface area (Å²) in [7, 11) is 0. The van der Waals surface area contributed by atoms with Gasteiger partial charge in [0, 0.05) is 29.1 Å². The van der Waals surface area contributed by atoms with Crippen molar-refractivity contribution in [1.29, 1.82) is 0 Å². The van der Waals surface area contributed by atoms with Crippen molar-refractivity contribution in [2.45, 2.75) is 51.2 Å².